The number of nitrogens with two attached hydrogens (primary N) is 1. The summed E-state index contributed by atoms with van der Waals surface area (Å²) in [6.45, 7) is 5.24. The van der Waals surface area contributed by atoms with E-state index in [1.165, 1.54) is 11.8 Å². The minimum Gasteiger partial charge on any atom is -0.480 e. The lowest BCUT2D eigenvalue weighted by Gasteiger charge is -2.29. The summed E-state index contributed by atoms with van der Waals surface area (Å²) < 4.78 is 0. The van der Waals surface area contributed by atoms with Crippen molar-refractivity contribution in [3.8, 4) is 0 Å². The molecule has 10 nitrogen and oxygen atoms in total. The summed E-state index contributed by atoms with van der Waals surface area (Å²) in [6.07, 6.45) is 0.479. The van der Waals surface area contributed by atoms with Crippen molar-refractivity contribution in [2.24, 2.45) is 11.7 Å². The Kier molecular flexibility index (Phi) is 9.87. The lowest BCUT2D eigenvalue weighted by molar-refractivity contribution is -0.144. The number of carbonyl (C=O) groups excluding carboxylic acids is 3. The Labute approximate surface area is 176 Å². The zero-order chi connectivity index (χ0) is 22.3. The van der Waals surface area contributed by atoms with Crippen LogP contribution in [-0.4, -0.2) is 81.4 Å². The number of carbonyl (C=O) groups is 4. The normalized spacial score (nSPS) is 21.6. The van der Waals surface area contributed by atoms with E-state index < -0.39 is 54.0 Å². The average Bonchev–Trinajstić information content (AvgIpc) is 3.17. The number of aliphatic carboxylic acids is 1. The van der Waals surface area contributed by atoms with E-state index in [1.807, 2.05) is 6.92 Å². The summed E-state index contributed by atoms with van der Waals surface area (Å²) in [5.74, 6) is -3.23. The number of hydrogen-bond acceptors (Lipinski definition) is 7. The van der Waals surface area contributed by atoms with E-state index >= 15 is 0 Å². The maximum atomic E-state index is 12.7. The van der Waals surface area contributed by atoms with Crippen molar-refractivity contribution in [2.75, 3.05) is 12.3 Å². The van der Waals surface area contributed by atoms with Crippen LogP contribution in [0.15, 0.2) is 0 Å². The highest BCUT2D eigenvalue weighted by molar-refractivity contribution is 7.80. The van der Waals surface area contributed by atoms with Crippen LogP contribution >= 0.6 is 12.6 Å². The molecule has 1 fully saturated rings. The van der Waals surface area contributed by atoms with E-state index in [0.717, 1.165) is 0 Å². The van der Waals surface area contributed by atoms with Crippen molar-refractivity contribution >= 4 is 36.3 Å². The minimum absolute atomic E-state index is 0.0434. The maximum Gasteiger partial charge on any atom is 0.326 e. The van der Waals surface area contributed by atoms with Crippen molar-refractivity contribution in [1.29, 1.82) is 0 Å². The first-order valence-electron chi connectivity index (χ1n) is 9.73. The monoisotopic (exact) mass is 432 g/mol. The van der Waals surface area contributed by atoms with E-state index in [4.69, 9.17) is 5.73 Å². The fraction of sp³-hybridized carbons (Fsp3) is 0.778. The molecule has 1 aliphatic rings. The van der Waals surface area contributed by atoms with Crippen LogP contribution in [0, 0.1) is 5.92 Å². The molecule has 166 valence electrons. The molecule has 0 aliphatic carbocycles. The second kappa shape index (κ2) is 11.4. The average molecular weight is 433 g/mol. The quantitative estimate of drug-likeness (QED) is 0.234. The van der Waals surface area contributed by atoms with E-state index in [1.54, 1.807) is 6.92 Å². The largest absolute Gasteiger partial charge is 0.480 e. The third-order valence-electron chi connectivity index (χ3n) is 5.24. The van der Waals surface area contributed by atoms with Gasteiger partial charge in [0.25, 0.3) is 0 Å². The Morgan fingerprint density at radius 3 is 2.34 bits per heavy atom. The first-order chi connectivity index (χ1) is 13.5. The minimum atomic E-state index is -1.16. The number of carboxylic acids is 1. The summed E-state index contributed by atoms with van der Waals surface area (Å²) in [4.78, 5) is 50.3. The molecule has 3 amide bonds. The molecule has 0 radical (unpaired) electrons. The highest BCUT2D eigenvalue weighted by Gasteiger charge is 2.38. The molecule has 1 saturated heterocycles. The molecule has 0 bridgehead atoms. The summed E-state index contributed by atoms with van der Waals surface area (Å²) in [5, 5.41) is 23.9. The molecule has 29 heavy (non-hydrogen) atoms. The number of likely N-dealkylation sites (tertiary alicyclic amines) is 1. The van der Waals surface area contributed by atoms with Gasteiger partial charge < -0.3 is 31.5 Å². The van der Waals surface area contributed by atoms with Gasteiger partial charge in [-0.15, -0.1) is 0 Å². The van der Waals surface area contributed by atoms with Crippen LogP contribution in [0.1, 0.15) is 40.0 Å². The first kappa shape index (κ1) is 25.2. The molecule has 1 heterocycles. The first-order valence-corrected chi connectivity index (χ1v) is 10.4. The Bertz CT molecular complexity index is 617. The van der Waals surface area contributed by atoms with Gasteiger partial charge in [0.15, 0.2) is 0 Å². The molecular weight excluding hydrogens is 400 g/mol. The van der Waals surface area contributed by atoms with Crippen molar-refractivity contribution in [3.63, 3.8) is 0 Å². The molecule has 6 N–H and O–H groups in total. The van der Waals surface area contributed by atoms with Crippen molar-refractivity contribution in [1.82, 2.24) is 15.5 Å². The standard InChI is InChI=1S/C18H32N4O6S/c1-4-9(2)14(18(27)28)21-15(24)11(8-29)20-16(25)12-6-5-7-22(12)17(26)13(19)10(3)23/h9-14,23,29H,4-8,19H2,1-3H3,(H,20,25)(H,21,24)(H,27,28). The molecular formula is C18H32N4O6S. The van der Waals surface area contributed by atoms with Gasteiger partial charge in [0.2, 0.25) is 17.7 Å². The molecule has 0 aromatic heterocycles. The molecule has 11 heteroatoms. The number of rotatable bonds is 10. The third kappa shape index (κ3) is 6.58. The molecule has 0 aromatic rings. The van der Waals surface area contributed by atoms with Crippen LogP contribution in [0.25, 0.3) is 0 Å². The van der Waals surface area contributed by atoms with Gasteiger partial charge in [-0.2, -0.15) is 12.6 Å². The summed E-state index contributed by atoms with van der Waals surface area (Å²) >= 11 is 4.09. The third-order valence-corrected chi connectivity index (χ3v) is 5.60. The van der Waals surface area contributed by atoms with E-state index in [9.17, 15) is 29.4 Å². The second-order valence-electron chi connectivity index (χ2n) is 7.41. The number of hydrogen-bond donors (Lipinski definition) is 6. The van der Waals surface area contributed by atoms with Gasteiger partial charge in [-0.1, -0.05) is 20.3 Å². The van der Waals surface area contributed by atoms with Crippen LogP contribution in [0.2, 0.25) is 0 Å². The van der Waals surface area contributed by atoms with Gasteiger partial charge >= 0.3 is 5.97 Å². The summed E-state index contributed by atoms with van der Waals surface area (Å²) in [6, 6.07) is -4.09. The van der Waals surface area contributed by atoms with Crippen molar-refractivity contribution in [3.05, 3.63) is 0 Å². The summed E-state index contributed by atoms with van der Waals surface area (Å²) in [5.41, 5.74) is 5.70. The van der Waals surface area contributed by atoms with Crippen LogP contribution < -0.4 is 16.4 Å². The van der Waals surface area contributed by atoms with E-state index in [2.05, 4.69) is 23.3 Å². The van der Waals surface area contributed by atoms with Gasteiger partial charge in [0, 0.05) is 12.3 Å². The smallest absolute Gasteiger partial charge is 0.326 e. The zero-order valence-electron chi connectivity index (χ0n) is 17.0. The predicted octanol–water partition coefficient (Wildman–Crippen LogP) is -1.28. The molecule has 6 unspecified atom stereocenters. The fourth-order valence-electron chi connectivity index (χ4n) is 3.10. The predicted molar refractivity (Wildman–Crippen MR) is 109 cm³/mol. The van der Waals surface area contributed by atoms with Crippen LogP contribution in [0.3, 0.4) is 0 Å². The SMILES string of the molecule is CCC(C)C(NC(=O)C(CS)NC(=O)C1CCCN1C(=O)C(N)C(C)O)C(=O)O. The number of aliphatic hydroxyl groups excluding tert-OH is 1. The Hall–Kier alpha value is -1.85. The maximum absolute atomic E-state index is 12.7. The number of thiol groups is 1. The van der Waals surface area contributed by atoms with E-state index in [0.29, 0.717) is 25.8 Å². The Morgan fingerprint density at radius 2 is 1.86 bits per heavy atom. The Morgan fingerprint density at radius 1 is 1.24 bits per heavy atom. The molecule has 0 saturated carbocycles. The lowest BCUT2D eigenvalue weighted by Crippen LogP contribution is -2.58. The lowest BCUT2D eigenvalue weighted by atomic mass is 9.99. The Balaban J connectivity index is 2.82. The summed E-state index contributed by atoms with van der Waals surface area (Å²) in [7, 11) is 0. The molecule has 0 aromatic carbocycles. The van der Waals surface area contributed by atoms with Crippen LogP contribution in [0.4, 0.5) is 0 Å². The van der Waals surface area contributed by atoms with Gasteiger partial charge in [-0.3, -0.25) is 14.4 Å². The number of amides is 3. The van der Waals surface area contributed by atoms with E-state index in [-0.39, 0.29) is 11.7 Å². The van der Waals surface area contributed by atoms with Gasteiger partial charge in [-0.05, 0) is 25.7 Å². The van der Waals surface area contributed by atoms with Crippen molar-refractivity contribution in [2.45, 2.75) is 70.3 Å². The fourth-order valence-corrected chi connectivity index (χ4v) is 3.36. The van der Waals surface area contributed by atoms with Gasteiger partial charge in [-0.25, -0.2) is 4.79 Å². The highest BCUT2D eigenvalue weighted by atomic mass is 32.1. The van der Waals surface area contributed by atoms with Gasteiger partial charge in [0.05, 0.1) is 6.10 Å². The van der Waals surface area contributed by atoms with Gasteiger partial charge in [0.1, 0.15) is 24.2 Å². The second-order valence-corrected chi connectivity index (χ2v) is 7.77. The number of nitrogens with zero attached hydrogens (tertiary/aromatic N) is 1. The molecule has 6 atom stereocenters. The van der Waals surface area contributed by atoms with Crippen LogP contribution in [-0.2, 0) is 19.2 Å². The number of carboxylic acid groups (broad SMARTS) is 1. The topological polar surface area (TPSA) is 162 Å². The number of nitrogens with one attached hydrogen (secondary N) is 2. The molecule has 1 rings (SSSR count). The molecule has 1 aliphatic heterocycles. The number of aliphatic hydroxyl groups is 1. The van der Waals surface area contributed by atoms with Crippen LogP contribution in [0.5, 0.6) is 0 Å². The molecule has 0 spiro atoms. The van der Waals surface area contributed by atoms with Crippen molar-refractivity contribution < 1.29 is 29.4 Å². The zero-order valence-corrected chi connectivity index (χ0v) is 17.9. The highest BCUT2D eigenvalue weighted by Crippen LogP contribution is 2.19.